The molecule has 0 aromatic heterocycles. The van der Waals surface area contributed by atoms with Gasteiger partial charge >= 0.3 is 12.1 Å². The second kappa shape index (κ2) is 7.21. The summed E-state index contributed by atoms with van der Waals surface area (Å²) in [6, 6.07) is 7.57. The number of benzene rings is 2. The van der Waals surface area contributed by atoms with Crippen LogP contribution in [0, 0.1) is 5.82 Å². The zero-order chi connectivity index (χ0) is 21.6. The number of carbonyl (C=O) groups excluding carboxylic acids is 1. The SMILES string of the molecule is CN(C)c1cc(NS(=O)(=O)c2ccc3c(c2)CN(C(=O)C(F)(F)F)C3)ccc1F. The number of amides is 1. The lowest BCUT2D eigenvalue weighted by atomic mass is 10.1. The predicted molar refractivity (Wildman–Crippen MR) is 98.3 cm³/mol. The van der Waals surface area contributed by atoms with Crippen molar-refractivity contribution >= 4 is 27.3 Å². The van der Waals surface area contributed by atoms with Crippen LogP contribution in [0.15, 0.2) is 41.3 Å². The highest BCUT2D eigenvalue weighted by Crippen LogP contribution is 2.30. The Bertz CT molecular complexity index is 1070. The molecule has 2 aromatic rings. The number of hydrogen-bond acceptors (Lipinski definition) is 4. The summed E-state index contributed by atoms with van der Waals surface area (Å²) in [5.74, 6) is -2.50. The number of sulfonamides is 1. The first-order valence-electron chi connectivity index (χ1n) is 8.36. The number of anilines is 2. The van der Waals surface area contributed by atoms with E-state index >= 15 is 0 Å². The van der Waals surface area contributed by atoms with Crippen molar-refractivity contribution in [3.05, 3.63) is 53.3 Å². The second-order valence-electron chi connectivity index (χ2n) is 6.76. The molecule has 0 saturated heterocycles. The van der Waals surface area contributed by atoms with E-state index in [1.165, 1.54) is 35.2 Å². The summed E-state index contributed by atoms with van der Waals surface area (Å²) in [5.41, 5.74) is 1.07. The second-order valence-corrected chi connectivity index (χ2v) is 8.44. The van der Waals surface area contributed by atoms with Gasteiger partial charge in [0.05, 0.1) is 16.3 Å². The maximum Gasteiger partial charge on any atom is 0.471 e. The van der Waals surface area contributed by atoms with E-state index in [-0.39, 0.29) is 29.4 Å². The molecule has 11 heteroatoms. The molecule has 1 amide bonds. The molecule has 156 valence electrons. The van der Waals surface area contributed by atoms with Crippen molar-refractivity contribution in [3.63, 3.8) is 0 Å². The van der Waals surface area contributed by atoms with Crippen LogP contribution < -0.4 is 9.62 Å². The molecule has 1 heterocycles. The highest BCUT2D eigenvalue weighted by molar-refractivity contribution is 7.92. The Morgan fingerprint density at radius 3 is 2.34 bits per heavy atom. The summed E-state index contributed by atoms with van der Waals surface area (Å²) in [6.45, 7) is -0.579. The van der Waals surface area contributed by atoms with Crippen molar-refractivity contribution in [3.8, 4) is 0 Å². The van der Waals surface area contributed by atoms with Crippen LogP contribution in [0.4, 0.5) is 28.9 Å². The topological polar surface area (TPSA) is 69.7 Å². The first-order valence-corrected chi connectivity index (χ1v) is 9.84. The molecule has 6 nitrogen and oxygen atoms in total. The summed E-state index contributed by atoms with van der Waals surface area (Å²) in [7, 11) is -0.868. The van der Waals surface area contributed by atoms with E-state index in [1.807, 2.05) is 0 Å². The van der Waals surface area contributed by atoms with E-state index in [4.69, 9.17) is 0 Å². The molecule has 0 bridgehead atoms. The number of rotatable bonds is 4. The van der Waals surface area contributed by atoms with Gasteiger partial charge in [0, 0.05) is 27.2 Å². The molecule has 2 aromatic carbocycles. The molecule has 29 heavy (non-hydrogen) atoms. The average molecular weight is 431 g/mol. The van der Waals surface area contributed by atoms with E-state index in [0.717, 1.165) is 6.07 Å². The summed E-state index contributed by atoms with van der Waals surface area (Å²) in [6.07, 6.45) is -4.99. The summed E-state index contributed by atoms with van der Waals surface area (Å²) in [5, 5.41) is 0. The van der Waals surface area contributed by atoms with Crippen molar-refractivity contribution < 1.29 is 30.8 Å². The van der Waals surface area contributed by atoms with Crippen molar-refractivity contribution in [1.29, 1.82) is 0 Å². The van der Waals surface area contributed by atoms with Gasteiger partial charge in [-0.15, -0.1) is 0 Å². The van der Waals surface area contributed by atoms with Crippen LogP contribution in [0.2, 0.25) is 0 Å². The predicted octanol–water partition coefficient (Wildman–Crippen LogP) is 3.10. The molecule has 1 aliphatic rings. The highest BCUT2D eigenvalue weighted by Gasteiger charge is 2.44. The lowest BCUT2D eigenvalue weighted by Gasteiger charge is -2.16. The average Bonchev–Trinajstić information content (AvgIpc) is 3.04. The number of nitrogens with one attached hydrogen (secondary N) is 1. The monoisotopic (exact) mass is 431 g/mol. The van der Waals surface area contributed by atoms with Gasteiger partial charge in [-0.3, -0.25) is 9.52 Å². The van der Waals surface area contributed by atoms with Crippen molar-refractivity contribution in [2.75, 3.05) is 23.7 Å². The Kier molecular flexibility index (Phi) is 5.20. The summed E-state index contributed by atoms with van der Waals surface area (Å²) < 4.78 is 79.3. The maximum atomic E-state index is 13.8. The van der Waals surface area contributed by atoms with E-state index in [1.54, 1.807) is 14.1 Å². The molecule has 0 spiro atoms. The van der Waals surface area contributed by atoms with Gasteiger partial charge in [0.1, 0.15) is 5.82 Å². The van der Waals surface area contributed by atoms with E-state index in [2.05, 4.69) is 4.72 Å². The third-order valence-electron chi connectivity index (χ3n) is 4.42. The third-order valence-corrected chi connectivity index (χ3v) is 5.80. The molecular weight excluding hydrogens is 414 g/mol. The Labute approximate surface area is 164 Å². The fourth-order valence-electron chi connectivity index (χ4n) is 2.99. The van der Waals surface area contributed by atoms with Gasteiger partial charge in [-0.2, -0.15) is 13.2 Å². The minimum absolute atomic E-state index is 0.129. The molecule has 0 radical (unpaired) electrons. The number of hydrogen-bond donors (Lipinski definition) is 1. The van der Waals surface area contributed by atoms with Crippen LogP contribution >= 0.6 is 0 Å². The number of carbonyl (C=O) groups is 1. The molecule has 0 aliphatic carbocycles. The minimum Gasteiger partial charge on any atom is -0.375 e. The minimum atomic E-state index is -4.99. The van der Waals surface area contributed by atoms with Crippen LogP contribution in [0.5, 0.6) is 0 Å². The lowest BCUT2D eigenvalue weighted by Crippen LogP contribution is -2.37. The number of fused-ring (bicyclic) bond motifs is 1. The number of alkyl halides is 3. The van der Waals surface area contributed by atoms with Crippen LogP contribution in [0.1, 0.15) is 11.1 Å². The molecule has 1 aliphatic heterocycles. The Morgan fingerprint density at radius 2 is 1.72 bits per heavy atom. The first-order chi connectivity index (χ1) is 13.4. The fraction of sp³-hybridized carbons (Fsp3) is 0.278. The van der Waals surface area contributed by atoms with E-state index in [0.29, 0.717) is 16.0 Å². The molecule has 1 N–H and O–H groups in total. The van der Waals surface area contributed by atoms with Gasteiger partial charge in [0.15, 0.2) is 0 Å². The number of nitrogens with zero attached hydrogens (tertiary/aromatic N) is 2. The van der Waals surface area contributed by atoms with Crippen LogP contribution in [-0.4, -0.2) is 39.5 Å². The van der Waals surface area contributed by atoms with Gasteiger partial charge in [-0.1, -0.05) is 6.07 Å². The van der Waals surface area contributed by atoms with Gasteiger partial charge in [-0.25, -0.2) is 12.8 Å². The first kappa shape index (κ1) is 20.9. The Morgan fingerprint density at radius 1 is 1.07 bits per heavy atom. The van der Waals surface area contributed by atoms with Crippen LogP contribution in [0.25, 0.3) is 0 Å². The normalized spacial score (nSPS) is 13.9. The van der Waals surface area contributed by atoms with Crippen LogP contribution in [-0.2, 0) is 27.9 Å². The zero-order valence-electron chi connectivity index (χ0n) is 15.4. The standard InChI is InChI=1S/C18H17F4N3O3S/c1-24(2)16-8-13(4-6-15(16)19)23-29(27,28)14-5-3-11-9-25(10-12(11)7-14)17(26)18(20,21)22/h3-8,23H,9-10H2,1-2H3. The van der Waals surface area contributed by atoms with Gasteiger partial charge in [0.2, 0.25) is 0 Å². The van der Waals surface area contributed by atoms with Crippen molar-refractivity contribution in [2.24, 2.45) is 0 Å². The number of halogens is 4. The Balaban J connectivity index is 1.84. The van der Waals surface area contributed by atoms with Gasteiger partial charge in [-0.05, 0) is 41.5 Å². The lowest BCUT2D eigenvalue weighted by molar-refractivity contribution is -0.186. The molecule has 0 saturated carbocycles. The Hall–Kier alpha value is -2.82. The molecule has 3 rings (SSSR count). The molecule has 0 atom stereocenters. The molecule has 0 unspecified atom stereocenters. The maximum absolute atomic E-state index is 13.8. The largest absolute Gasteiger partial charge is 0.471 e. The van der Waals surface area contributed by atoms with E-state index in [9.17, 15) is 30.8 Å². The van der Waals surface area contributed by atoms with Gasteiger partial charge < -0.3 is 9.80 Å². The van der Waals surface area contributed by atoms with Crippen molar-refractivity contribution in [2.45, 2.75) is 24.2 Å². The quantitative estimate of drug-likeness (QED) is 0.756. The third kappa shape index (κ3) is 4.29. The smallest absolute Gasteiger partial charge is 0.375 e. The van der Waals surface area contributed by atoms with Gasteiger partial charge in [0.25, 0.3) is 10.0 Å². The fourth-order valence-corrected chi connectivity index (χ4v) is 4.09. The highest BCUT2D eigenvalue weighted by atomic mass is 32.2. The molecular formula is C18H17F4N3O3S. The van der Waals surface area contributed by atoms with E-state index < -0.39 is 27.9 Å². The van der Waals surface area contributed by atoms with Crippen molar-refractivity contribution in [1.82, 2.24) is 4.90 Å². The molecule has 0 fully saturated rings. The zero-order valence-corrected chi connectivity index (χ0v) is 16.2. The summed E-state index contributed by atoms with van der Waals surface area (Å²) in [4.78, 5) is 13.3. The van der Waals surface area contributed by atoms with Crippen LogP contribution in [0.3, 0.4) is 0 Å². The summed E-state index contributed by atoms with van der Waals surface area (Å²) >= 11 is 0.